The molecule has 0 bridgehead atoms. The summed E-state index contributed by atoms with van der Waals surface area (Å²) in [6, 6.07) is 0.504. The van der Waals surface area contributed by atoms with Crippen LogP contribution in [0.5, 0.6) is 0 Å². The van der Waals surface area contributed by atoms with Crippen molar-refractivity contribution in [1.82, 2.24) is 9.88 Å². The maximum atomic E-state index is 11.9. The minimum Gasteiger partial charge on any atom is -0.375 e. The van der Waals surface area contributed by atoms with E-state index >= 15 is 0 Å². The van der Waals surface area contributed by atoms with Gasteiger partial charge >= 0.3 is 0 Å². The third kappa shape index (κ3) is 2.89. The van der Waals surface area contributed by atoms with E-state index in [0.717, 1.165) is 23.6 Å². The molecule has 1 fully saturated rings. The van der Waals surface area contributed by atoms with Crippen molar-refractivity contribution in [1.29, 1.82) is 0 Å². The van der Waals surface area contributed by atoms with Gasteiger partial charge in [-0.1, -0.05) is 11.3 Å². The Balaban J connectivity index is 1.82. The lowest BCUT2D eigenvalue weighted by Gasteiger charge is -2.19. The van der Waals surface area contributed by atoms with E-state index in [4.69, 9.17) is 5.73 Å². The number of carbonyl (C=O) groups excluding carboxylic acids is 1. The van der Waals surface area contributed by atoms with E-state index in [0.29, 0.717) is 16.9 Å². The Hall–Kier alpha value is -0.750. The highest BCUT2D eigenvalue weighted by molar-refractivity contribution is 8.01. The number of nitrogens with two attached hydrogens (primary N) is 1. The van der Waals surface area contributed by atoms with Crippen LogP contribution in [0.25, 0.3) is 0 Å². The van der Waals surface area contributed by atoms with Crippen molar-refractivity contribution < 1.29 is 4.79 Å². The van der Waals surface area contributed by atoms with E-state index in [2.05, 4.69) is 4.98 Å². The second kappa shape index (κ2) is 5.05. The second-order valence-corrected chi connectivity index (χ2v) is 6.05. The zero-order chi connectivity index (χ0) is 11.5. The summed E-state index contributed by atoms with van der Waals surface area (Å²) in [5.74, 6) is 0.716. The van der Waals surface area contributed by atoms with Gasteiger partial charge in [-0.2, -0.15) is 0 Å². The number of nitrogens with zero attached hydrogens (tertiary/aromatic N) is 2. The maximum Gasteiger partial charge on any atom is 0.233 e. The molecule has 1 aromatic heterocycles. The predicted molar refractivity (Wildman–Crippen MR) is 67.7 cm³/mol. The summed E-state index contributed by atoms with van der Waals surface area (Å²) in [5.41, 5.74) is 5.53. The van der Waals surface area contributed by atoms with Gasteiger partial charge in [0.25, 0.3) is 0 Å². The van der Waals surface area contributed by atoms with Crippen molar-refractivity contribution in [3.05, 3.63) is 6.20 Å². The Morgan fingerprint density at radius 2 is 2.50 bits per heavy atom. The molecule has 88 valence electrons. The summed E-state index contributed by atoms with van der Waals surface area (Å²) in [5, 5.41) is 0.560. The number of hydrogen-bond acceptors (Lipinski definition) is 5. The van der Waals surface area contributed by atoms with Crippen LogP contribution < -0.4 is 5.73 Å². The Bertz CT molecular complexity index is 376. The highest BCUT2D eigenvalue weighted by Crippen LogP contribution is 2.29. The smallest absolute Gasteiger partial charge is 0.233 e. The molecule has 1 aromatic rings. The van der Waals surface area contributed by atoms with Crippen LogP contribution >= 0.6 is 23.1 Å². The van der Waals surface area contributed by atoms with Gasteiger partial charge in [0.05, 0.1) is 16.2 Å². The van der Waals surface area contributed by atoms with Crippen molar-refractivity contribution in [2.24, 2.45) is 0 Å². The molecular weight excluding hydrogens is 242 g/mol. The van der Waals surface area contributed by atoms with Crippen LogP contribution in [0.3, 0.4) is 0 Å². The van der Waals surface area contributed by atoms with E-state index in [1.54, 1.807) is 6.20 Å². The third-order valence-electron chi connectivity index (χ3n) is 2.49. The van der Waals surface area contributed by atoms with Gasteiger partial charge in [-0.05, 0) is 19.8 Å². The number of amides is 1. The van der Waals surface area contributed by atoms with Gasteiger partial charge in [0.1, 0.15) is 0 Å². The second-order valence-electron chi connectivity index (χ2n) is 3.72. The summed E-state index contributed by atoms with van der Waals surface area (Å²) < 4.78 is 1.01. The van der Waals surface area contributed by atoms with Crippen LogP contribution in [0.1, 0.15) is 19.8 Å². The van der Waals surface area contributed by atoms with Crippen molar-refractivity contribution in [2.45, 2.75) is 30.0 Å². The highest BCUT2D eigenvalue weighted by atomic mass is 32.2. The minimum atomic E-state index is 0.224. The van der Waals surface area contributed by atoms with Crippen molar-refractivity contribution in [3.63, 3.8) is 0 Å². The topological polar surface area (TPSA) is 59.2 Å². The largest absolute Gasteiger partial charge is 0.375 e. The van der Waals surface area contributed by atoms with Gasteiger partial charge in [0.15, 0.2) is 5.13 Å². The average molecular weight is 257 g/mol. The number of hydrogen-bond donors (Lipinski definition) is 1. The normalized spacial score (nSPS) is 15.1. The molecule has 0 aromatic carbocycles. The Kier molecular flexibility index (Phi) is 3.70. The van der Waals surface area contributed by atoms with Crippen LogP contribution in [0.4, 0.5) is 5.13 Å². The first-order valence-electron chi connectivity index (χ1n) is 5.34. The molecule has 0 saturated heterocycles. The molecule has 0 spiro atoms. The number of anilines is 1. The first kappa shape index (κ1) is 11.7. The molecule has 4 nitrogen and oxygen atoms in total. The lowest BCUT2D eigenvalue weighted by Crippen LogP contribution is -2.34. The fourth-order valence-electron chi connectivity index (χ4n) is 1.58. The van der Waals surface area contributed by atoms with Crippen molar-refractivity contribution >= 4 is 34.1 Å². The van der Waals surface area contributed by atoms with Crippen LogP contribution in [-0.2, 0) is 4.79 Å². The average Bonchev–Trinajstić information content (AvgIpc) is 3.00. The van der Waals surface area contributed by atoms with Crippen LogP contribution in [0.15, 0.2) is 10.4 Å². The van der Waals surface area contributed by atoms with Crippen molar-refractivity contribution in [2.75, 3.05) is 18.0 Å². The lowest BCUT2D eigenvalue weighted by atomic mass is 10.4. The predicted octanol–water partition coefficient (Wildman–Crippen LogP) is 1.83. The summed E-state index contributed by atoms with van der Waals surface area (Å²) in [4.78, 5) is 17.8. The van der Waals surface area contributed by atoms with Gasteiger partial charge < -0.3 is 10.6 Å². The third-order valence-corrected chi connectivity index (χ3v) is 4.49. The first-order chi connectivity index (χ1) is 7.70. The van der Waals surface area contributed by atoms with Gasteiger partial charge in [0.2, 0.25) is 5.91 Å². The molecule has 16 heavy (non-hydrogen) atoms. The summed E-state index contributed by atoms with van der Waals surface area (Å²) in [6.07, 6.45) is 4.06. The summed E-state index contributed by atoms with van der Waals surface area (Å²) >= 11 is 2.96. The monoisotopic (exact) mass is 257 g/mol. The SMILES string of the molecule is CCN(C(=O)CSc1cnc(N)s1)C1CC1. The first-order valence-corrected chi connectivity index (χ1v) is 7.14. The van der Waals surface area contributed by atoms with Gasteiger partial charge in [0, 0.05) is 12.6 Å². The lowest BCUT2D eigenvalue weighted by molar-refractivity contribution is -0.128. The van der Waals surface area contributed by atoms with Crippen LogP contribution in [0.2, 0.25) is 0 Å². The molecule has 0 atom stereocenters. The number of nitrogen functional groups attached to an aromatic ring is 1. The van der Waals surface area contributed by atoms with E-state index in [9.17, 15) is 4.79 Å². The Morgan fingerprint density at radius 3 is 3.00 bits per heavy atom. The molecule has 1 amide bonds. The zero-order valence-corrected chi connectivity index (χ0v) is 10.8. The zero-order valence-electron chi connectivity index (χ0n) is 9.18. The van der Waals surface area contributed by atoms with Gasteiger partial charge in [-0.15, -0.1) is 11.8 Å². The van der Waals surface area contributed by atoms with Crippen LogP contribution in [0, 0.1) is 0 Å². The maximum absolute atomic E-state index is 11.9. The van der Waals surface area contributed by atoms with E-state index in [1.165, 1.54) is 23.1 Å². The molecule has 1 saturated carbocycles. The van der Waals surface area contributed by atoms with E-state index < -0.39 is 0 Å². The highest BCUT2D eigenvalue weighted by Gasteiger charge is 2.31. The molecule has 1 heterocycles. The molecule has 2 N–H and O–H groups in total. The molecule has 0 radical (unpaired) electrons. The van der Waals surface area contributed by atoms with E-state index in [1.807, 2.05) is 11.8 Å². The number of thiazole rings is 1. The van der Waals surface area contributed by atoms with Crippen LogP contribution in [-0.4, -0.2) is 34.1 Å². The number of thioether (sulfide) groups is 1. The molecular formula is C10H15N3OS2. The number of aromatic nitrogens is 1. The molecule has 0 unspecified atom stereocenters. The summed E-state index contributed by atoms with van der Waals surface area (Å²) in [6.45, 7) is 2.85. The molecule has 0 aliphatic heterocycles. The van der Waals surface area contributed by atoms with Gasteiger partial charge in [-0.3, -0.25) is 4.79 Å². The van der Waals surface area contributed by atoms with Crippen molar-refractivity contribution in [3.8, 4) is 0 Å². The number of rotatable bonds is 5. The van der Waals surface area contributed by atoms with Gasteiger partial charge in [-0.25, -0.2) is 4.98 Å². The standard InChI is InChI=1S/C10H15N3OS2/c1-2-13(7-3-4-7)8(14)6-15-9-5-12-10(11)16-9/h5,7H,2-4,6H2,1H3,(H2,11,12). The quantitative estimate of drug-likeness (QED) is 0.818. The minimum absolute atomic E-state index is 0.224. The Labute approximate surface area is 103 Å². The molecule has 6 heteroatoms. The summed E-state index contributed by atoms with van der Waals surface area (Å²) in [7, 11) is 0. The fourth-order valence-corrected chi connectivity index (χ4v) is 3.22. The molecule has 1 aliphatic rings. The van der Waals surface area contributed by atoms with E-state index in [-0.39, 0.29) is 5.91 Å². The molecule has 1 aliphatic carbocycles. The molecule has 2 rings (SSSR count). The Morgan fingerprint density at radius 1 is 1.75 bits per heavy atom. The number of carbonyl (C=O) groups is 1. The fraction of sp³-hybridized carbons (Fsp3) is 0.600.